The summed E-state index contributed by atoms with van der Waals surface area (Å²) in [6.45, 7) is 3.58. The highest BCUT2D eigenvalue weighted by Crippen LogP contribution is 2.43. The number of ether oxygens (including phenoxy) is 1. The van der Waals surface area contributed by atoms with Crippen LogP contribution in [0.15, 0.2) is 35.6 Å². The van der Waals surface area contributed by atoms with Crippen molar-refractivity contribution in [1.29, 1.82) is 0 Å². The number of amides is 1. The van der Waals surface area contributed by atoms with Gasteiger partial charge in [-0.25, -0.2) is 0 Å². The lowest BCUT2D eigenvalue weighted by atomic mass is 9.88. The highest BCUT2D eigenvalue weighted by atomic mass is 16.5. The zero-order valence-corrected chi connectivity index (χ0v) is 15.7. The maximum atomic E-state index is 12.9. The van der Waals surface area contributed by atoms with Gasteiger partial charge in [0, 0.05) is 12.0 Å². The van der Waals surface area contributed by atoms with Gasteiger partial charge >= 0.3 is 0 Å². The van der Waals surface area contributed by atoms with Crippen LogP contribution in [0.2, 0.25) is 0 Å². The molecule has 1 fully saturated rings. The fourth-order valence-corrected chi connectivity index (χ4v) is 4.06. The topological polar surface area (TPSA) is 66.8 Å². The molecule has 1 amide bonds. The summed E-state index contributed by atoms with van der Waals surface area (Å²) in [5.41, 5.74) is 1.03. The number of carbonyl (C=O) groups excluding carboxylic acids is 2. The fourth-order valence-electron chi connectivity index (χ4n) is 4.06. The predicted octanol–water partition coefficient (Wildman–Crippen LogP) is 3.95. The maximum Gasteiger partial charge on any atom is 0.290 e. The molecule has 0 spiro atoms. The van der Waals surface area contributed by atoms with Crippen LogP contribution in [0.25, 0.3) is 0 Å². The molecular weight excluding hydrogens is 330 g/mol. The Bertz CT molecular complexity index is 731. The molecule has 1 aromatic carbocycles. The van der Waals surface area contributed by atoms with E-state index in [0.717, 1.165) is 31.2 Å². The number of ketones is 1. The molecule has 1 unspecified atom stereocenters. The summed E-state index contributed by atoms with van der Waals surface area (Å²) in [6.07, 6.45) is 5.10. The third-order valence-corrected chi connectivity index (χ3v) is 5.41. The van der Waals surface area contributed by atoms with Crippen LogP contribution < -0.4 is 4.74 Å². The number of rotatable bonds is 5. The molecule has 0 bridgehead atoms. The lowest BCUT2D eigenvalue weighted by Gasteiger charge is -2.36. The van der Waals surface area contributed by atoms with Crippen LogP contribution in [0.1, 0.15) is 57.6 Å². The second kappa shape index (κ2) is 7.52. The Hall–Kier alpha value is -2.30. The van der Waals surface area contributed by atoms with Gasteiger partial charge in [-0.2, -0.15) is 0 Å². The molecule has 1 heterocycles. The first-order valence-electron chi connectivity index (χ1n) is 9.39. The van der Waals surface area contributed by atoms with Crippen molar-refractivity contribution < 1.29 is 19.4 Å². The van der Waals surface area contributed by atoms with Gasteiger partial charge in [-0.1, -0.05) is 45.2 Å². The average molecular weight is 357 g/mol. The van der Waals surface area contributed by atoms with Gasteiger partial charge < -0.3 is 14.7 Å². The summed E-state index contributed by atoms with van der Waals surface area (Å²) < 4.78 is 5.33. The van der Waals surface area contributed by atoms with E-state index in [2.05, 4.69) is 0 Å². The number of hydrogen-bond acceptors (Lipinski definition) is 4. The Labute approximate surface area is 154 Å². The first-order chi connectivity index (χ1) is 12.5. The lowest BCUT2D eigenvalue weighted by molar-refractivity contribution is -0.132. The molecule has 5 heteroatoms. The minimum absolute atomic E-state index is 0.0482. The zero-order valence-electron chi connectivity index (χ0n) is 15.7. The summed E-state index contributed by atoms with van der Waals surface area (Å²) in [7, 11) is 1.59. The first-order valence-corrected chi connectivity index (χ1v) is 9.39. The van der Waals surface area contributed by atoms with Crippen LogP contribution in [-0.2, 0) is 9.59 Å². The van der Waals surface area contributed by atoms with E-state index < -0.39 is 11.9 Å². The number of Topliss-reactive ketones (excluding diaryl/α,β-unsaturated/α-hetero) is 1. The predicted molar refractivity (Wildman–Crippen MR) is 99.0 cm³/mol. The molecule has 5 nitrogen and oxygen atoms in total. The highest BCUT2D eigenvalue weighted by molar-refractivity contribution is 6.09. The summed E-state index contributed by atoms with van der Waals surface area (Å²) in [6, 6.07) is 6.92. The van der Waals surface area contributed by atoms with E-state index in [-0.39, 0.29) is 29.1 Å². The largest absolute Gasteiger partial charge is 0.503 e. The fraction of sp³-hybridized carbons (Fsp3) is 0.524. The van der Waals surface area contributed by atoms with Crippen molar-refractivity contribution in [2.24, 2.45) is 5.92 Å². The van der Waals surface area contributed by atoms with E-state index in [9.17, 15) is 14.7 Å². The second-order valence-corrected chi connectivity index (χ2v) is 7.46. The third-order valence-electron chi connectivity index (χ3n) is 5.41. The lowest BCUT2D eigenvalue weighted by Crippen LogP contribution is -2.41. The Kier molecular flexibility index (Phi) is 5.35. The zero-order chi connectivity index (χ0) is 18.8. The Balaban J connectivity index is 2.09. The second-order valence-electron chi connectivity index (χ2n) is 7.46. The van der Waals surface area contributed by atoms with Gasteiger partial charge in [-0.05, 0) is 30.5 Å². The van der Waals surface area contributed by atoms with E-state index in [4.69, 9.17) is 4.74 Å². The quantitative estimate of drug-likeness (QED) is 0.866. The number of benzene rings is 1. The van der Waals surface area contributed by atoms with Gasteiger partial charge in [0.1, 0.15) is 5.75 Å². The van der Waals surface area contributed by atoms with Gasteiger partial charge in [0.15, 0.2) is 11.5 Å². The van der Waals surface area contributed by atoms with Crippen LogP contribution >= 0.6 is 0 Å². The molecule has 2 aliphatic rings. The molecule has 26 heavy (non-hydrogen) atoms. The monoisotopic (exact) mass is 357 g/mol. The molecule has 0 aromatic heterocycles. The Morgan fingerprint density at radius 2 is 1.92 bits per heavy atom. The Morgan fingerprint density at radius 1 is 1.23 bits per heavy atom. The summed E-state index contributed by atoms with van der Waals surface area (Å²) >= 11 is 0. The maximum absolute atomic E-state index is 12.9. The van der Waals surface area contributed by atoms with Crippen molar-refractivity contribution in [3.05, 3.63) is 41.2 Å². The molecule has 1 aliphatic heterocycles. The third kappa shape index (κ3) is 3.22. The number of carbonyl (C=O) groups is 2. The number of hydrogen-bond donors (Lipinski definition) is 1. The van der Waals surface area contributed by atoms with Crippen LogP contribution in [0, 0.1) is 5.92 Å². The van der Waals surface area contributed by atoms with Gasteiger partial charge in [0.05, 0.1) is 18.7 Å². The molecular formula is C21H27NO4. The van der Waals surface area contributed by atoms with E-state index >= 15 is 0 Å². The highest BCUT2D eigenvalue weighted by Gasteiger charge is 2.46. The van der Waals surface area contributed by atoms with Crippen molar-refractivity contribution in [3.8, 4) is 5.75 Å². The molecule has 0 saturated heterocycles. The molecule has 140 valence electrons. The number of nitrogens with zero attached hydrogens (tertiary/aromatic N) is 1. The van der Waals surface area contributed by atoms with E-state index in [1.807, 2.05) is 24.3 Å². The minimum Gasteiger partial charge on any atom is -0.503 e. The van der Waals surface area contributed by atoms with Gasteiger partial charge in [0.2, 0.25) is 0 Å². The molecule has 1 aromatic rings. The summed E-state index contributed by atoms with van der Waals surface area (Å²) in [4.78, 5) is 27.5. The summed E-state index contributed by atoms with van der Waals surface area (Å²) in [5.74, 6) is -0.613. The normalized spacial score (nSPS) is 21.6. The number of aliphatic hydroxyl groups is 1. The van der Waals surface area contributed by atoms with Gasteiger partial charge in [-0.15, -0.1) is 0 Å². The Morgan fingerprint density at radius 3 is 2.54 bits per heavy atom. The molecule has 3 rings (SSSR count). The van der Waals surface area contributed by atoms with E-state index in [1.165, 1.54) is 6.42 Å². The SMILES string of the molecule is COc1cccc(C2C(C(=O)C(C)C)=C(O)C(=O)N2C2CCCCC2)c1. The molecule has 1 N–H and O–H groups in total. The number of aliphatic hydroxyl groups excluding tert-OH is 1. The van der Waals surface area contributed by atoms with Crippen molar-refractivity contribution >= 4 is 11.7 Å². The van der Waals surface area contributed by atoms with E-state index in [0.29, 0.717) is 5.75 Å². The smallest absolute Gasteiger partial charge is 0.290 e. The van der Waals surface area contributed by atoms with Gasteiger partial charge in [0.25, 0.3) is 5.91 Å². The van der Waals surface area contributed by atoms with Crippen molar-refractivity contribution in [2.45, 2.75) is 58.0 Å². The van der Waals surface area contributed by atoms with Crippen molar-refractivity contribution in [2.75, 3.05) is 7.11 Å². The first kappa shape index (κ1) is 18.5. The van der Waals surface area contributed by atoms with Gasteiger partial charge in [-0.3, -0.25) is 9.59 Å². The summed E-state index contributed by atoms with van der Waals surface area (Å²) in [5, 5.41) is 10.6. The molecule has 1 atom stereocenters. The molecule has 0 radical (unpaired) electrons. The molecule has 1 saturated carbocycles. The minimum atomic E-state index is -0.546. The van der Waals surface area contributed by atoms with Crippen LogP contribution in [0.4, 0.5) is 0 Å². The van der Waals surface area contributed by atoms with Crippen molar-refractivity contribution in [3.63, 3.8) is 0 Å². The number of methoxy groups -OCH3 is 1. The van der Waals surface area contributed by atoms with Crippen molar-refractivity contribution in [1.82, 2.24) is 4.90 Å². The average Bonchev–Trinajstić information content (AvgIpc) is 2.93. The van der Waals surface area contributed by atoms with Crippen LogP contribution in [0.3, 0.4) is 0 Å². The van der Waals surface area contributed by atoms with E-state index in [1.54, 1.807) is 25.9 Å². The standard InChI is InChI=1S/C21H27NO4/c1-13(2)19(23)17-18(14-8-7-11-16(12-14)26-3)22(21(25)20(17)24)15-9-5-4-6-10-15/h7-8,11-13,15,18,24H,4-6,9-10H2,1-3H3. The molecule has 1 aliphatic carbocycles. The van der Waals surface area contributed by atoms with Crippen LogP contribution in [0.5, 0.6) is 5.75 Å². The van der Waals surface area contributed by atoms with Crippen LogP contribution in [-0.4, -0.2) is 34.8 Å².